The number of halogens is 1. The van der Waals surface area contributed by atoms with Gasteiger partial charge in [0.1, 0.15) is 5.75 Å². The number of hydrogen-bond acceptors (Lipinski definition) is 2. The lowest BCUT2D eigenvalue weighted by molar-refractivity contribution is 0.157. The Bertz CT molecular complexity index is 413. The lowest BCUT2D eigenvalue weighted by atomic mass is 9.96. The fraction of sp³-hybridized carbons (Fsp3) is 0.647. The number of ether oxygens (including phenoxy) is 1. The maximum atomic E-state index is 10.3. The Hall–Kier alpha value is -0.540. The average molecular weight is 341 g/mol. The molecule has 0 radical (unpaired) electrons. The van der Waals surface area contributed by atoms with Gasteiger partial charge in [-0.15, -0.1) is 0 Å². The monoisotopic (exact) mass is 340 g/mol. The first kappa shape index (κ1) is 15.8. The van der Waals surface area contributed by atoms with Crippen molar-refractivity contribution in [1.29, 1.82) is 0 Å². The highest BCUT2D eigenvalue weighted by atomic mass is 79.9. The largest absolute Gasteiger partial charge is 0.492 e. The highest BCUT2D eigenvalue weighted by molar-refractivity contribution is 9.10. The second-order valence-electron chi connectivity index (χ2n) is 5.78. The van der Waals surface area contributed by atoms with E-state index in [9.17, 15) is 5.11 Å². The van der Waals surface area contributed by atoms with Gasteiger partial charge in [-0.2, -0.15) is 0 Å². The molecule has 1 atom stereocenters. The molecular formula is C17H25BrO2. The molecule has 2 nitrogen and oxygen atoms in total. The van der Waals surface area contributed by atoms with E-state index in [1.807, 2.05) is 18.2 Å². The highest BCUT2D eigenvalue weighted by Gasteiger charge is 2.17. The lowest BCUT2D eigenvalue weighted by Gasteiger charge is -2.15. The summed E-state index contributed by atoms with van der Waals surface area (Å²) in [5, 5.41) is 10.3. The summed E-state index contributed by atoms with van der Waals surface area (Å²) in [7, 11) is 0. The van der Waals surface area contributed by atoms with Gasteiger partial charge < -0.3 is 9.84 Å². The van der Waals surface area contributed by atoms with Gasteiger partial charge >= 0.3 is 0 Å². The van der Waals surface area contributed by atoms with E-state index in [1.165, 1.54) is 25.7 Å². The molecule has 0 amide bonds. The molecule has 1 aromatic rings. The van der Waals surface area contributed by atoms with Crippen molar-refractivity contribution in [2.24, 2.45) is 5.92 Å². The minimum atomic E-state index is -0.355. The van der Waals surface area contributed by atoms with Crippen LogP contribution in [0.3, 0.4) is 0 Å². The van der Waals surface area contributed by atoms with Gasteiger partial charge in [-0.05, 0) is 58.8 Å². The molecule has 0 bridgehead atoms. The van der Waals surface area contributed by atoms with Gasteiger partial charge in [-0.3, -0.25) is 0 Å². The van der Waals surface area contributed by atoms with Crippen molar-refractivity contribution in [2.45, 2.75) is 58.0 Å². The molecule has 1 N–H and O–H groups in total. The summed E-state index contributed by atoms with van der Waals surface area (Å²) >= 11 is 3.53. The van der Waals surface area contributed by atoms with Crippen molar-refractivity contribution >= 4 is 15.9 Å². The Balaban J connectivity index is 1.88. The van der Waals surface area contributed by atoms with Crippen molar-refractivity contribution in [3.8, 4) is 5.75 Å². The van der Waals surface area contributed by atoms with Crippen molar-refractivity contribution in [2.75, 3.05) is 6.61 Å². The Kier molecular flexibility index (Phi) is 6.37. The quantitative estimate of drug-likeness (QED) is 0.735. The summed E-state index contributed by atoms with van der Waals surface area (Å²) < 4.78 is 6.57. The molecule has 1 saturated carbocycles. The molecule has 112 valence electrons. The Morgan fingerprint density at radius 1 is 1.35 bits per heavy atom. The van der Waals surface area contributed by atoms with E-state index in [0.717, 1.165) is 47.6 Å². The molecule has 0 saturated heterocycles. The number of hydrogen-bond donors (Lipinski definition) is 1. The van der Waals surface area contributed by atoms with E-state index in [0.29, 0.717) is 0 Å². The predicted molar refractivity (Wildman–Crippen MR) is 86.1 cm³/mol. The summed E-state index contributed by atoms with van der Waals surface area (Å²) in [6.45, 7) is 2.82. The van der Waals surface area contributed by atoms with Crippen LogP contribution in [0.5, 0.6) is 5.75 Å². The normalized spacial score (nSPS) is 17.4. The van der Waals surface area contributed by atoms with Gasteiger partial charge in [0.15, 0.2) is 0 Å². The smallest absolute Gasteiger partial charge is 0.133 e. The van der Waals surface area contributed by atoms with Crippen molar-refractivity contribution < 1.29 is 9.84 Å². The van der Waals surface area contributed by atoms with Crippen LogP contribution < -0.4 is 4.74 Å². The molecule has 3 heteroatoms. The van der Waals surface area contributed by atoms with E-state index in [4.69, 9.17) is 4.74 Å². The average Bonchev–Trinajstić information content (AvgIpc) is 2.96. The highest BCUT2D eigenvalue weighted by Crippen LogP contribution is 2.33. The summed E-state index contributed by atoms with van der Waals surface area (Å²) in [6.07, 6.45) is 8.09. The Labute approximate surface area is 130 Å². The summed E-state index contributed by atoms with van der Waals surface area (Å²) in [5.41, 5.74) is 0.985. The SMILES string of the molecule is CCCOc1ccc(C(O)CCC2CCCC2)cc1Br. The van der Waals surface area contributed by atoms with Gasteiger partial charge in [0.05, 0.1) is 17.2 Å². The standard InChI is InChI=1S/C17H25BrO2/c1-2-11-20-17-10-8-14(12-15(17)18)16(19)9-7-13-5-3-4-6-13/h8,10,12-13,16,19H,2-7,9,11H2,1H3. The first-order chi connectivity index (χ1) is 9.70. The minimum absolute atomic E-state index is 0.355. The Morgan fingerprint density at radius 3 is 2.75 bits per heavy atom. The minimum Gasteiger partial charge on any atom is -0.492 e. The first-order valence-corrected chi connectivity index (χ1v) is 8.60. The predicted octanol–water partition coefficient (Wildman–Crippen LogP) is 5.24. The number of benzene rings is 1. The first-order valence-electron chi connectivity index (χ1n) is 7.81. The van der Waals surface area contributed by atoms with Crippen LogP contribution >= 0.6 is 15.9 Å². The second kappa shape index (κ2) is 8.04. The van der Waals surface area contributed by atoms with Gasteiger partial charge in [0, 0.05) is 0 Å². The van der Waals surface area contributed by atoms with Gasteiger partial charge in [-0.1, -0.05) is 38.7 Å². The third-order valence-electron chi connectivity index (χ3n) is 4.13. The number of aliphatic hydroxyl groups is 1. The molecule has 1 aromatic carbocycles. The molecule has 1 fully saturated rings. The third kappa shape index (κ3) is 4.49. The van der Waals surface area contributed by atoms with Crippen LogP contribution in [0.25, 0.3) is 0 Å². The molecule has 1 aliphatic rings. The maximum absolute atomic E-state index is 10.3. The van der Waals surface area contributed by atoms with Crippen molar-refractivity contribution in [3.63, 3.8) is 0 Å². The van der Waals surface area contributed by atoms with Crippen molar-refractivity contribution in [1.82, 2.24) is 0 Å². The van der Waals surface area contributed by atoms with Crippen LogP contribution in [-0.4, -0.2) is 11.7 Å². The van der Waals surface area contributed by atoms with Crippen LogP contribution in [0.1, 0.15) is 63.5 Å². The topological polar surface area (TPSA) is 29.5 Å². The second-order valence-corrected chi connectivity index (χ2v) is 6.64. The summed E-state index contributed by atoms with van der Waals surface area (Å²) in [5.74, 6) is 1.69. The molecular weight excluding hydrogens is 316 g/mol. The van der Waals surface area contributed by atoms with Crippen molar-refractivity contribution in [3.05, 3.63) is 28.2 Å². The van der Waals surface area contributed by atoms with Gasteiger partial charge in [0.2, 0.25) is 0 Å². The number of aliphatic hydroxyl groups excluding tert-OH is 1. The van der Waals surface area contributed by atoms with Crippen LogP contribution in [0.2, 0.25) is 0 Å². The van der Waals surface area contributed by atoms with E-state index >= 15 is 0 Å². The van der Waals surface area contributed by atoms with E-state index in [1.54, 1.807) is 0 Å². The van der Waals surface area contributed by atoms with Crippen LogP contribution in [0.4, 0.5) is 0 Å². The van der Waals surface area contributed by atoms with Crippen LogP contribution in [0, 0.1) is 5.92 Å². The zero-order chi connectivity index (χ0) is 14.4. The molecule has 1 aliphatic carbocycles. The zero-order valence-corrected chi connectivity index (χ0v) is 13.9. The van der Waals surface area contributed by atoms with Crippen LogP contribution in [-0.2, 0) is 0 Å². The Morgan fingerprint density at radius 2 is 2.10 bits per heavy atom. The van der Waals surface area contributed by atoms with Gasteiger partial charge in [-0.25, -0.2) is 0 Å². The number of rotatable bonds is 7. The fourth-order valence-electron chi connectivity index (χ4n) is 2.91. The molecule has 0 aliphatic heterocycles. The van der Waals surface area contributed by atoms with E-state index in [-0.39, 0.29) is 6.10 Å². The van der Waals surface area contributed by atoms with E-state index < -0.39 is 0 Å². The third-order valence-corrected chi connectivity index (χ3v) is 4.75. The fourth-order valence-corrected chi connectivity index (χ4v) is 3.42. The lowest BCUT2D eigenvalue weighted by Crippen LogP contribution is -2.02. The maximum Gasteiger partial charge on any atom is 0.133 e. The molecule has 0 aromatic heterocycles. The summed E-state index contributed by atoms with van der Waals surface area (Å²) in [6, 6.07) is 5.92. The summed E-state index contributed by atoms with van der Waals surface area (Å²) in [4.78, 5) is 0. The molecule has 2 rings (SSSR count). The van der Waals surface area contributed by atoms with E-state index in [2.05, 4.69) is 22.9 Å². The van der Waals surface area contributed by atoms with Crippen LogP contribution in [0.15, 0.2) is 22.7 Å². The molecule has 1 unspecified atom stereocenters. The molecule has 0 spiro atoms. The molecule has 20 heavy (non-hydrogen) atoms. The molecule has 0 heterocycles. The zero-order valence-electron chi connectivity index (χ0n) is 12.3. The van der Waals surface area contributed by atoms with Gasteiger partial charge in [0.25, 0.3) is 0 Å².